The molecule has 0 atom stereocenters. The normalized spacial score (nSPS) is 11.4. The fraction of sp³-hybridized carbons (Fsp3) is 0.143. The Morgan fingerprint density at radius 3 is 2.40 bits per heavy atom. The first-order valence-electron chi connectivity index (χ1n) is 5.72. The quantitative estimate of drug-likeness (QED) is 0.777. The highest BCUT2D eigenvalue weighted by atomic mass is 35.5. The highest BCUT2D eigenvalue weighted by molar-refractivity contribution is 6.33. The average Bonchev–Trinajstić information content (AvgIpc) is 2.38. The minimum absolute atomic E-state index is 0.0428. The predicted octanol–water partition coefficient (Wildman–Crippen LogP) is 5.11. The monoisotopic (exact) mass is 303 g/mol. The second-order valence-corrected chi connectivity index (χ2v) is 4.54. The van der Waals surface area contributed by atoms with Gasteiger partial charge in [-0.25, -0.2) is 4.39 Å². The number of nitrogens with one attached hydrogen (secondary N) is 1. The van der Waals surface area contributed by atoms with E-state index in [1.807, 2.05) is 0 Å². The van der Waals surface area contributed by atoms with E-state index in [0.29, 0.717) is 16.8 Å². The summed E-state index contributed by atoms with van der Waals surface area (Å²) in [5, 5.41) is 3.21. The Kier molecular flexibility index (Phi) is 4.18. The number of halogens is 5. The van der Waals surface area contributed by atoms with Crippen LogP contribution >= 0.6 is 11.6 Å². The zero-order valence-electron chi connectivity index (χ0n) is 10.1. The summed E-state index contributed by atoms with van der Waals surface area (Å²) in [6.45, 7) is -0.0984. The molecule has 20 heavy (non-hydrogen) atoms. The van der Waals surface area contributed by atoms with Crippen LogP contribution in [0, 0.1) is 5.82 Å². The van der Waals surface area contributed by atoms with E-state index in [2.05, 4.69) is 5.32 Å². The molecule has 1 nitrogen and oxygen atoms in total. The Hall–Kier alpha value is -1.75. The lowest BCUT2D eigenvalue weighted by Gasteiger charge is -2.14. The van der Waals surface area contributed by atoms with Crippen LogP contribution in [0.1, 0.15) is 11.1 Å². The number of para-hydroxylation sites is 1. The minimum Gasteiger partial charge on any atom is -0.380 e. The summed E-state index contributed by atoms with van der Waals surface area (Å²) in [5.74, 6) is -0.918. The Morgan fingerprint density at radius 1 is 1.05 bits per heavy atom. The van der Waals surface area contributed by atoms with Gasteiger partial charge in [0.25, 0.3) is 0 Å². The molecular formula is C14H10ClF4N. The molecule has 0 unspecified atom stereocenters. The fourth-order valence-electron chi connectivity index (χ4n) is 1.76. The van der Waals surface area contributed by atoms with Crippen LogP contribution in [0.15, 0.2) is 42.5 Å². The molecule has 0 aromatic heterocycles. The maximum absolute atomic E-state index is 13.0. The first-order valence-corrected chi connectivity index (χ1v) is 6.10. The second-order valence-electron chi connectivity index (χ2n) is 4.13. The molecule has 0 aliphatic carbocycles. The van der Waals surface area contributed by atoms with E-state index in [9.17, 15) is 17.6 Å². The van der Waals surface area contributed by atoms with Crippen molar-refractivity contribution in [2.45, 2.75) is 12.7 Å². The van der Waals surface area contributed by atoms with Gasteiger partial charge in [0.15, 0.2) is 0 Å². The summed E-state index contributed by atoms with van der Waals surface area (Å²) in [5.41, 5.74) is -0.512. The van der Waals surface area contributed by atoms with Crippen molar-refractivity contribution in [3.63, 3.8) is 0 Å². The molecule has 0 amide bonds. The largest absolute Gasteiger partial charge is 0.416 e. The molecule has 106 valence electrons. The first kappa shape index (κ1) is 14.7. The van der Waals surface area contributed by atoms with Gasteiger partial charge in [0.05, 0.1) is 16.3 Å². The molecule has 1 N–H and O–H groups in total. The maximum Gasteiger partial charge on any atom is 0.416 e. The molecule has 0 aliphatic rings. The highest BCUT2D eigenvalue weighted by Crippen LogP contribution is 2.33. The topological polar surface area (TPSA) is 12.0 Å². The Morgan fingerprint density at radius 2 is 1.75 bits per heavy atom. The first-order chi connectivity index (χ1) is 9.38. The number of alkyl halides is 3. The Labute approximate surface area is 118 Å². The van der Waals surface area contributed by atoms with Crippen molar-refractivity contribution in [1.29, 1.82) is 0 Å². The highest BCUT2D eigenvalue weighted by Gasteiger charge is 2.33. The van der Waals surface area contributed by atoms with Crippen LogP contribution in [0.4, 0.5) is 23.2 Å². The summed E-state index contributed by atoms with van der Waals surface area (Å²) in [4.78, 5) is 0. The van der Waals surface area contributed by atoms with E-state index < -0.39 is 17.6 Å². The number of hydrogen-bond acceptors (Lipinski definition) is 1. The van der Waals surface area contributed by atoms with Crippen molar-refractivity contribution >= 4 is 17.3 Å². The molecule has 6 heteroatoms. The molecule has 0 bridgehead atoms. The molecule has 0 fully saturated rings. The van der Waals surface area contributed by atoms with Crippen molar-refractivity contribution < 1.29 is 17.6 Å². The van der Waals surface area contributed by atoms with Gasteiger partial charge in [-0.15, -0.1) is 0 Å². The summed E-state index contributed by atoms with van der Waals surface area (Å²) >= 11 is 5.90. The van der Waals surface area contributed by atoms with Gasteiger partial charge >= 0.3 is 6.18 Å². The zero-order valence-corrected chi connectivity index (χ0v) is 10.9. The van der Waals surface area contributed by atoms with Crippen LogP contribution in [0.25, 0.3) is 0 Å². The number of anilines is 1. The van der Waals surface area contributed by atoms with E-state index in [-0.39, 0.29) is 12.1 Å². The fourth-order valence-corrected chi connectivity index (χ4v) is 1.96. The lowest BCUT2D eigenvalue weighted by molar-refractivity contribution is -0.138. The van der Waals surface area contributed by atoms with E-state index in [1.54, 1.807) is 24.3 Å². The van der Waals surface area contributed by atoms with Crippen LogP contribution in [-0.4, -0.2) is 0 Å². The van der Waals surface area contributed by atoms with Crippen molar-refractivity contribution in [2.75, 3.05) is 5.32 Å². The van der Waals surface area contributed by atoms with Crippen molar-refractivity contribution in [2.24, 2.45) is 0 Å². The minimum atomic E-state index is -4.60. The Balaban J connectivity index is 2.24. The number of benzene rings is 2. The van der Waals surface area contributed by atoms with Gasteiger partial charge in [-0.1, -0.05) is 29.8 Å². The third-order valence-corrected chi connectivity index (χ3v) is 3.05. The molecule has 0 radical (unpaired) electrons. The van der Waals surface area contributed by atoms with Gasteiger partial charge < -0.3 is 5.32 Å². The van der Waals surface area contributed by atoms with Crippen LogP contribution in [0.3, 0.4) is 0 Å². The molecular weight excluding hydrogens is 294 g/mol. The van der Waals surface area contributed by atoms with Gasteiger partial charge in [-0.05, 0) is 29.8 Å². The number of rotatable bonds is 3. The van der Waals surface area contributed by atoms with Gasteiger partial charge in [0.1, 0.15) is 5.82 Å². The third kappa shape index (κ3) is 3.42. The standard InChI is InChI=1S/C14H10ClF4N/c15-12-3-1-2-4-13(12)20-8-9-5-6-10(16)7-11(9)14(17,18)19/h1-7,20H,8H2. The lowest BCUT2D eigenvalue weighted by atomic mass is 10.1. The van der Waals surface area contributed by atoms with E-state index >= 15 is 0 Å². The molecule has 0 spiro atoms. The summed E-state index contributed by atoms with van der Waals surface area (Å²) in [7, 11) is 0. The number of hydrogen-bond donors (Lipinski definition) is 1. The van der Waals surface area contributed by atoms with Gasteiger partial charge in [0.2, 0.25) is 0 Å². The van der Waals surface area contributed by atoms with Crippen molar-refractivity contribution in [1.82, 2.24) is 0 Å². The van der Waals surface area contributed by atoms with Crippen molar-refractivity contribution in [3.8, 4) is 0 Å². The van der Waals surface area contributed by atoms with Gasteiger partial charge in [0, 0.05) is 6.54 Å². The zero-order chi connectivity index (χ0) is 14.8. The predicted molar refractivity (Wildman–Crippen MR) is 70.2 cm³/mol. The van der Waals surface area contributed by atoms with Gasteiger partial charge in [-0.3, -0.25) is 0 Å². The molecule has 2 aromatic rings. The van der Waals surface area contributed by atoms with Crippen LogP contribution in [0.2, 0.25) is 5.02 Å². The Bertz CT molecular complexity index is 610. The van der Waals surface area contributed by atoms with E-state index in [1.165, 1.54) is 0 Å². The van der Waals surface area contributed by atoms with Crippen LogP contribution in [-0.2, 0) is 12.7 Å². The van der Waals surface area contributed by atoms with Crippen LogP contribution < -0.4 is 5.32 Å². The molecule has 0 aliphatic heterocycles. The average molecular weight is 304 g/mol. The van der Waals surface area contributed by atoms with E-state index in [4.69, 9.17) is 11.6 Å². The summed E-state index contributed by atoms with van der Waals surface area (Å²) in [6.07, 6.45) is -4.60. The SMILES string of the molecule is Fc1ccc(CNc2ccccc2Cl)c(C(F)(F)F)c1. The van der Waals surface area contributed by atoms with E-state index in [0.717, 1.165) is 12.1 Å². The summed E-state index contributed by atoms with van der Waals surface area (Å²) < 4.78 is 51.4. The second kappa shape index (κ2) is 5.71. The molecule has 0 saturated carbocycles. The molecule has 2 aromatic carbocycles. The third-order valence-electron chi connectivity index (χ3n) is 2.72. The summed E-state index contributed by atoms with van der Waals surface area (Å²) in [6, 6.07) is 9.30. The van der Waals surface area contributed by atoms with Gasteiger partial charge in [-0.2, -0.15) is 13.2 Å². The molecule has 2 rings (SSSR count). The maximum atomic E-state index is 13.0. The van der Waals surface area contributed by atoms with Crippen LogP contribution in [0.5, 0.6) is 0 Å². The lowest BCUT2D eigenvalue weighted by Crippen LogP contribution is -2.12. The smallest absolute Gasteiger partial charge is 0.380 e. The molecule has 0 saturated heterocycles. The molecule has 0 heterocycles. The van der Waals surface area contributed by atoms with Crippen molar-refractivity contribution in [3.05, 3.63) is 64.4 Å².